The second-order valence-electron chi connectivity index (χ2n) is 10.4. The van der Waals surface area contributed by atoms with E-state index in [2.05, 4.69) is 4.57 Å². The standard InChI is InChI=1S/C28H39ClFN3O3/c1-20(34)31-15-11-21(12-16-31)6-3-8-27(35)32-13-4-7-22(19-32)26-18-23-25(30)10-9-24(29)28(23)33(26)14-5-17-36-2/h9-10,18,21-22H,3-8,11-17,19H2,1-2H3. The van der Waals surface area contributed by atoms with Crippen molar-refractivity contribution in [3.05, 3.63) is 34.7 Å². The number of ether oxygens (including phenoxy) is 1. The fourth-order valence-corrected chi connectivity index (χ4v) is 6.22. The van der Waals surface area contributed by atoms with Gasteiger partial charge < -0.3 is 19.1 Å². The Labute approximate surface area is 218 Å². The summed E-state index contributed by atoms with van der Waals surface area (Å²) in [5.41, 5.74) is 1.80. The maximum atomic E-state index is 14.7. The number of halogens is 2. The Kier molecular flexibility index (Phi) is 9.29. The van der Waals surface area contributed by atoms with Crippen LogP contribution in [0.15, 0.2) is 18.2 Å². The summed E-state index contributed by atoms with van der Waals surface area (Å²) in [7, 11) is 1.68. The minimum absolute atomic E-state index is 0.156. The molecule has 2 saturated heterocycles. The van der Waals surface area contributed by atoms with Crippen LogP contribution in [0.2, 0.25) is 5.02 Å². The van der Waals surface area contributed by atoms with Crippen LogP contribution < -0.4 is 0 Å². The molecule has 0 aliphatic carbocycles. The summed E-state index contributed by atoms with van der Waals surface area (Å²) in [6.45, 7) is 6.07. The molecule has 1 aromatic heterocycles. The van der Waals surface area contributed by atoms with Crippen LogP contribution in [0, 0.1) is 11.7 Å². The fraction of sp³-hybridized carbons (Fsp3) is 0.643. The third-order valence-corrected chi connectivity index (χ3v) is 8.28. The summed E-state index contributed by atoms with van der Waals surface area (Å²) in [5, 5.41) is 1.10. The Hall–Kier alpha value is -2.12. The molecule has 2 aromatic rings. The molecule has 0 bridgehead atoms. The zero-order valence-electron chi connectivity index (χ0n) is 21.6. The number of amides is 2. The fourth-order valence-electron chi connectivity index (χ4n) is 5.95. The van der Waals surface area contributed by atoms with Gasteiger partial charge >= 0.3 is 0 Å². The minimum Gasteiger partial charge on any atom is -0.385 e. The number of carbonyl (C=O) groups excluding carboxylic acids is 2. The molecule has 1 atom stereocenters. The average Bonchev–Trinajstić information content (AvgIpc) is 3.27. The lowest BCUT2D eigenvalue weighted by atomic mass is 9.91. The first-order chi connectivity index (χ1) is 17.4. The minimum atomic E-state index is -0.265. The molecule has 2 amide bonds. The smallest absolute Gasteiger partial charge is 0.222 e. The van der Waals surface area contributed by atoms with Gasteiger partial charge in [0.05, 0.1) is 10.5 Å². The van der Waals surface area contributed by atoms with E-state index < -0.39 is 0 Å². The molecule has 0 N–H and O–H groups in total. The van der Waals surface area contributed by atoms with Crippen LogP contribution in [0.3, 0.4) is 0 Å². The van der Waals surface area contributed by atoms with Crippen molar-refractivity contribution in [2.24, 2.45) is 5.92 Å². The zero-order valence-corrected chi connectivity index (χ0v) is 22.4. The van der Waals surface area contributed by atoms with Gasteiger partial charge in [-0.25, -0.2) is 4.39 Å². The van der Waals surface area contributed by atoms with Gasteiger partial charge in [0, 0.05) is 76.8 Å². The normalized spacial score (nSPS) is 19.3. The van der Waals surface area contributed by atoms with Crippen molar-refractivity contribution >= 4 is 34.3 Å². The van der Waals surface area contributed by atoms with Gasteiger partial charge in [-0.1, -0.05) is 11.6 Å². The van der Waals surface area contributed by atoms with E-state index in [0.717, 1.165) is 75.8 Å². The molecule has 2 aliphatic rings. The van der Waals surface area contributed by atoms with Crippen molar-refractivity contribution in [2.75, 3.05) is 39.9 Å². The molecule has 2 aliphatic heterocycles. The molecule has 198 valence electrons. The number of hydrogen-bond donors (Lipinski definition) is 0. The third kappa shape index (κ3) is 6.23. The summed E-state index contributed by atoms with van der Waals surface area (Å²) in [6, 6.07) is 4.99. The van der Waals surface area contributed by atoms with Crippen molar-refractivity contribution < 1.29 is 18.7 Å². The highest BCUT2D eigenvalue weighted by atomic mass is 35.5. The highest BCUT2D eigenvalue weighted by molar-refractivity contribution is 6.35. The lowest BCUT2D eigenvalue weighted by Gasteiger charge is -2.34. The predicted molar refractivity (Wildman–Crippen MR) is 141 cm³/mol. The highest BCUT2D eigenvalue weighted by Crippen LogP contribution is 2.36. The summed E-state index contributed by atoms with van der Waals surface area (Å²) >= 11 is 6.52. The van der Waals surface area contributed by atoms with E-state index in [1.54, 1.807) is 20.1 Å². The molecule has 3 heterocycles. The maximum Gasteiger partial charge on any atom is 0.222 e. The van der Waals surface area contributed by atoms with Crippen molar-refractivity contribution in [1.82, 2.24) is 14.4 Å². The largest absolute Gasteiger partial charge is 0.385 e. The van der Waals surface area contributed by atoms with Crippen molar-refractivity contribution in [3.63, 3.8) is 0 Å². The Morgan fingerprint density at radius 1 is 1.11 bits per heavy atom. The number of fused-ring (bicyclic) bond motifs is 1. The van der Waals surface area contributed by atoms with Gasteiger partial charge in [-0.05, 0) is 69.1 Å². The zero-order chi connectivity index (χ0) is 25.7. The van der Waals surface area contributed by atoms with Gasteiger partial charge in [0.2, 0.25) is 11.8 Å². The molecule has 4 rings (SSSR count). The van der Waals surface area contributed by atoms with E-state index in [9.17, 15) is 14.0 Å². The maximum absolute atomic E-state index is 14.7. The van der Waals surface area contributed by atoms with Gasteiger partial charge in [-0.15, -0.1) is 0 Å². The number of carbonyl (C=O) groups is 2. The van der Waals surface area contributed by atoms with Crippen LogP contribution in [0.25, 0.3) is 10.9 Å². The molecule has 0 radical (unpaired) electrons. The van der Waals surface area contributed by atoms with Crippen LogP contribution in [-0.4, -0.2) is 66.1 Å². The molecular formula is C28H39ClFN3O3. The molecule has 6 nitrogen and oxygen atoms in total. The Morgan fingerprint density at radius 2 is 1.89 bits per heavy atom. The summed E-state index contributed by atoms with van der Waals surface area (Å²) < 4.78 is 22.1. The first kappa shape index (κ1) is 26.9. The number of benzene rings is 1. The lowest BCUT2D eigenvalue weighted by Crippen LogP contribution is -2.39. The quantitative estimate of drug-likeness (QED) is 0.405. The Bertz CT molecular complexity index is 1060. The number of methoxy groups -OCH3 is 1. The monoisotopic (exact) mass is 519 g/mol. The number of aromatic nitrogens is 1. The predicted octanol–water partition coefficient (Wildman–Crippen LogP) is 5.61. The van der Waals surface area contributed by atoms with E-state index >= 15 is 0 Å². The summed E-state index contributed by atoms with van der Waals surface area (Å²) in [5.74, 6) is 0.867. The number of rotatable bonds is 9. The number of likely N-dealkylation sites (tertiary alicyclic amines) is 2. The Morgan fingerprint density at radius 3 is 2.61 bits per heavy atom. The molecule has 36 heavy (non-hydrogen) atoms. The van der Waals surface area contributed by atoms with E-state index in [4.69, 9.17) is 16.3 Å². The molecule has 1 unspecified atom stereocenters. The van der Waals surface area contributed by atoms with Crippen molar-refractivity contribution in [2.45, 2.75) is 70.8 Å². The topological polar surface area (TPSA) is 54.8 Å². The summed E-state index contributed by atoms with van der Waals surface area (Å²) in [6.07, 6.45) is 7.29. The van der Waals surface area contributed by atoms with Crippen molar-refractivity contribution in [1.29, 1.82) is 0 Å². The van der Waals surface area contributed by atoms with E-state index in [1.165, 1.54) is 6.07 Å². The first-order valence-corrected chi connectivity index (χ1v) is 13.8. The number of hydrogen-bond acceptors (Lipinski definition) is 3. The van der Waals surface area contributed by atoms with Gasteiger partial charge in [-0.3, -0.25) is 9.59 Å². The SMILES string of the molecule is COCCCn1c(C2CCCN(C(=O)CCCC3CCN(C(C)=O)CC3)C2)cc2c(F)ccc(Cl)c21. The van der Waals surface area contributed by atoms with E-state index in [1.807, 2.05) is 15.9 Å². The van der Waals surface area contributed by atoms with Crippen LogP contribution in [0.4, 0.5) is 4.39 Å². The molecular weight excluding hydrogens is 481 g/mol. The molecule has 8 heteroatoms. The number of piperidine rings is 2. The van der Waals surface area contributed by atoms with Gasteiger partial charge in [0.15, 0.2) is 0 Å². The Balaban J connectivity index is 1.38. The van der Waals surface area contributed by atoms with Crippen LogP contribution >= 0.6 is 11.6 Å². The number of nitrogens with zero attached hydrogens (tertiary/aromatic N) is 3. The second-order valence-corrected chi connectivity index (χ2v) is 10.8. The first-order valence-electron chi connectivity index (χ1n) is 13.4. The summed E-state index contributed by atoms with van der Waals surface area (Å²) in [4.78, 5) is 28.6. The molecule has 0 saturated carbocycles. The van der Waals surface area contributed by atoms with Gasteiger partial charge in [0.25, 0.3) is 0 Å². The third-order valence-electron chi connectivity index (χ3n) is 7.97. The van der Waals surface area contributed by atoms with Gasteiger partial charge in [-0.2, -0.15) is 0 Å². The van der Waals surface area contributed by atoms with Crippen LogP contribution in [-0.2, 0) is 20.9 Å². The van der Waals surface area contributed by atoms with Crippen LogP contribution in [0.1, 0.15) is 69.9 Å². The average molecular weight is 520 g/mol. The molecule has 2 fully saturated rings. The van der Waals surface area contributed by atoms with Crippen molar-refractivity contribution in [3.8, 4) is 0 Å². The van der Waals surface area contributed by atoms with E-state index in [-0.39, 0.29) is 23.5 Å². The number of aryl methyl sites for hydroxylation is 1. The van der Waals surface area contributed by atoms with Gasteiger partial charge in [0.1, 0.15) is 5.82 Å². The van der Waals surface area contributed by atoms with Crippen LogP contribution in [0.5, 0.6) is 0 Å². The van der Waals surface area contributed by atoms with E-state index in [0.29, 0.717) is 42.4 Å². The molecule has 0 spiro atoms. The molecule has 1 aromatic carbocycles. The second kappa shape index (κ2) is 12.4. The highest BCUT2D eigenvalue weighted by Gasteiger charge is 2.29. The lowest BCUT2D eigenvalue weighted by molar-refractivity contribution is -0.132.